The van der Waals surface area contributed by atoms with Crippen LogP contribution in [0, 0.1) is 11.3 Å². The van der Waals surface area contributed by atoms with E-state index in [9.17, 15) is 14.4 Å². The van der Waals surface area contributed by atoms with Gasteiger partial charge in [0.1, 0.15) is 5.54 Å². The van der Waals surface area contributed by atoms with Gasteiger partial charge in [-0.25, -0.2) is 4.79 Å². The highest BCUT2D eigenvalue weighted by atomic mass is 35.5. The number of hydrogen-bond donors (Lipinski definition) is 0. The van der Waals surface area contributed by atoms with Crippen molar-refractivity contribution in [3.8, 4) is 0 Å². The average molecular weight is 519 g/mol. The number of hydrogen-bond acceptors (Lipinski definition) is 4. The lowest BCUT2D eigenvalue weighted by Gasteiger charge is -2.42. The van der Waals surface area contributed by atoms with Crippen molar-refractivity contribution in [2.75, 3.05) is 45.8 Å². The second-order valence-corrected chi connectivity index (χ2v) is 11.7. The Morgan fingerprint density at radius 3 is 2.19 bits per heavy atom. The maximum absolute atomic E-state index is 13.2. The zero-order chi connectivity index (χ0) is 25.4. The molecule has 0 bridgehead atoms. The highest BCUT2D eigenvalue weighted by molar-refractivity contribution is 6.07. The summed E-state index contributed by atoms with van der Waals surface area (Å²) in [6.45, 7) is 15.2. The third-order valence-electron chi connectivity index (χ3n) is 8.13. The Labute approximate surface area is 222 Å². The minimum absolute atomic E-state index is 0. The molecule has 0 N–H and O–H groups in total. The Balaban J connectivity index is 0.00000361. The monoisotopic (exact) mass is 518 g/mol. The Bertz CT molecular complexity index is 940. The van der Waals surface area contributed by atoms with E-state index in [1.54, 1.807) is 4.90 Å². The van der Waals surface area contributed by atoms with E-state index in [-0.39, 0.29) is 35.7 Å². The molecule has 4 amide bonds. The third-order valence-corrected chi connectivity index (χ3v) is 8.13. The number of likely N-dealkylation sites (N-methyl/N-ethyl adjacent to an activating group) is 2. The minimum atomic E-state index is -0.679. The molecule has 7 nitrogen and oxygen atoms in total. The van der Waals surface area contributed by atoms with Gasteiger partial charge in [-0.05, 0) is 43.6 Å². The lowest BCUT2D eigenvalue weighted by molar-refractivity contribution is -0.135. The van der Waals surface area contributed by atoms with E-state index in [1.165, 1.54) is 10.5 Å². The molecule has 3 saturated heterocycles. The van der Waals surface area contributed by atoms with Crippen LogP contribution in [0.2, 0.25) is 0 Å². The second-order valence-electron chi connectivity index (χ2n) is 11.7. The molecule has 200 valence electrons. The number of piperidine rings is 1. The van der Waals surface area contributed by atoms with Crippen molar-refractivity contribution in [2.45, 2.75) is 65.3 Å². The van der Waals surface area contributed by atoms with Gasteiger partial charge in [-0.1, -0.05) is 51.1 Å². The van der Waals surface area contributed by atoms with Crippen LogP contribution in [0.1, 0.15) is 65.4 Å². The van der Waals surface area contributed by atoms with Crippen molar-refractivity contribution in [3.05, 3.63) is 35.9 Å². The molecule has 3 fully saturated rings. The molecule has 3 aliphatic rings. The highest BCUT2D eigenvalue weighted by Gasteiger charge is 2.57. The topological polar surface area (TPSA) is 64.2 Å². The van der Waals surface area contributed by atoms with E-state index in [4.69, 9.17) is 0 Å². The number of amides is 4. The fraction of sp³-hybridized carbons (Fsp3) is 0.679. The number of carbonyl (C=O) groups excluding carboxylic acids is 3. The van der Waals surface area contributed by atoms with Gasteiger partial charge in [0, 0.05) is 58.2 Å². The van der Waals surface area contributed by atoms with E-state index in [0.717, 1.165) is 32.7 Å². The molecule has 2 unspecified atom stereocenters. The molecule has 4 rings (SSSR count). The number of benzene rings is 1. The zero-order valence-electron chi connectivity index (χ0n) is 22.5. The maximum atomic E-state index is 13.2. The first-order chi connectivity index (χ1) is 16.6. The van der Waals surface area contributed by atoms with Gasteiger partial charge >= 0.3 is 6.03 Å². The van der Waals surface area contributed by atoms with Crippen molar-refractivity contribution >= 4 is 30.3 Å². The predicted molar refractivity (Wildman–Crippen MR) is 144 cm³/mol. The molecule has 3 heterocycles. The Morgan fingerprint density at radius 2 is 1.64 bits per heavy atom. The Kier molecular flexibility index (Phi) is 8.77. The van der Waals surface area contributed by atoms with E-state index < -0.39 is 5.54 Å². The van der Waals surface area contributed by atoms with E-state index in [2.05, 4.69) is 54.8 Å². The first kappa shape index (κ1) is 28.5. The SMILES string of the molecule is CCN1C(=O)N(CC)C2(CCN(CC3CN(C(=O)CC(C)(C)C)CC3c3ccccc3)CC2)C1=O.Cl. The molecular formula is C28H43ClN4O3. The number of rotatable bonds is 6. The van der Waals surface area contributed by atoms with Crippen LogP contribution in [-0.4, -0.2) is 88.8 Å². The molecule has 1 aromatic rings. The van der Waals surface area contributed by atoms with Crippen LogP contribution in [0.25, 0.3) is 0 Å². The van der Waals surface area contributed by atoms with Crippen LogP contribution >= 0.6 is 12.4 Å². The van der Waals surface area contributed by atoms with Gasteiger partial charge in [0.2, 0.25) is 5.91 Å². The summed E-state index contributed by atoms with van der Waals surface area (Å²) in [5, 5.41) is 0. The van der Waals surface area contributed by atoms with E-state index in [0.29, 0.717) is 44.2 Å². The van der Waals surface area contributed by atoms with Crippen LogP contribution in [-0.2, 0) is 9.59 Å². The first-order valence-corrected chi connectivity index (χ1v) is 13.3. The third kappa shape index (κ3) is 5.42. The van der Waals surface area contributed by atoms with Gasteiger partial charge < -0.3 is 14.7 Å². The molecule has 1 aromatic carbocycles. The van der Waals surface area contributed by atoms with Gasteiger partial charge in [0.15, 0.2) is 0 Å². The predicted octanol–water partition coefficient (Wildman–Crippen LogP) is 4.23. The number of nitrogens with zero attached hydrogens (tertiary/aromatic N) is 4. The highest BCUT2D eigenvalue weighted by Crippen LogP contribution is 2.39. The number of urea groups is 1. The number of halogens is 1. The molecule has 0 aromatic heterocycles. The smallest absolute Gasteiger partial charge is 0.327 e. The summed E-state index contributed by atoms with van der Waals surface area (Å²) in [5.41, 5.74) is 0.590. The number of imide groups is 1. The molecule has 0 radical (unpaired) electrons. The molecule has 8 heteroatoms. The molecule has 36 heavy (non-hydrogen) atoms. The molecule has 0 aliphatic carbocycles. The fourth-order valence-electron chi connectivity index (χ4n) is 6.32. The summed E-state index contributed by atoms with van der Waals surface area (Å²) >= 11 is 0. The van der Waals surface area contributed by atoms with Gasteiger partial charge in [-0.15, -0.1) is 12.4 Å². The number of carbonyl (C=O) groups is 3. The maximum Gasteiger partial charge on any atom is 0.327 e. The Hall–Kier alpha value is -2.12. The fourth-order valence-corrected chi connectivity index (χ4v) is 6.32. The van der Waals surface area contributed by atoms with Crippen molar-refractivity contribution < 1.29 is 14.4 Å². The van der Waals surface area contributed by atoms with Crippen LogP contribution in [0.5, 0.6) is 0 Å². The van der Waals surface area contributed by atoms with E-state index in [1.807, 2.05) is 19.9 Å². The second kappa shape index (κ2) is 11.1. The van der Waals surface area contributed by atoms with Gasteiger partial charge in [-0.2, -0.15) is 0 Å². The number of likely N-dealkylation sites (tertiary alicyclic amines) is 2. The first-order valence-electron chi connectivity index (χ1n) is 13.3. The molecule has 3 aliphatic heterocycles. The van der Waals surface area contributed by atoms with Crippen molar-refractivity contribution in [2.24, 2.45) is 11.3 Å². The van der Waals surface area contributed by atoms with Crippen LogP contribution < -0.4 is 0 Å². The largest absolute Gasteiger partial charge is 0.342 e. The summed E-state index contributed by atoms with van der Waals surface area (Å²) in [6.07, 6.45) is 1.92. The lowest BCUT2D eigenvalue weighted by atomic mass is 9.84. The van der Waals surface area contributed by atoms with Crippen molar-refractivity contribution in [3.63, 3.8) is 0 Å². The van der Waals surface area contributed by atoms with E-state index >= 15 is 0 Å². The minimum Gasteiger partial charge on any atom is -0.342 e. The van der Waals surface area contributed by atoms with Crippen molar-refractivity contribution in [1.29, 1.82) is 0 Å². The van der Waals surface area contributed by atoms with Gasteiger partial charge in [0.05, 0.1) is 0 Å². The standard InChI is InChI=1S/C28H42N4O3.ClH/c1-6-31-25(34)28(32(7-2)26(31)35)13-15-29(16-14-28)18-22-19-30(24(33)17-27(3,4)5)20-23(22)21-11-9-8-10-12-21;/h8-12,22-23H,6-7,13-20H2,1-5H3;1H. The summed E-state index contributed by atoms with van der Waals surface area (Å²) in [5.74, 6) is 0.888. The summed E-state index contributed by atoms with van der Waals surface area (Å²) in [6, 6.07) is 10.4. The average Bonchev–Trinajstić information content (AvgIpc) is 3.32. The normalized spacial score (nSPS) is 24.5. The van der Waals surface area contributed by atoms with Gasteiger partial charge in [0.25, 0.3) is 5.91 Å². The van der Waals surface area contributed by atoms with Crippen LogP contribution in [0.15, 0.2) is 30.3 Å². The van der Waals surface area contributed by atoms with Crippen LogP contribution in [0.3, 0.4) is 0 Å². The summed E-state index contributed by atoms with van der Waals surface area (Å²) in [4.78, 5) is 46.8. The summed E-state index contributed by atoms with van der Waals surface area (Å²) < 4.78 is 0. The molecule has 0 saturated carbocycles. The molecule has 1 spiro atoms. The Morgan fingerprint density at radius 1 is 1.00 bits per heavy atom. The van der Waals surface area contributed by atoms with Crippen LogP contribution in [0.4, 0.5) is 4.79 Å². The molecule has 2 atom stereocenters. The zero-order valence-corrected chi connectivity index (χ0v) is 23.4. The lowest BCUT2D eigenvalue weighted by Crippen LogP contribution is -2.57. The summed E-state index contributed by atoms with van der Waals surface area (Å²) in [7, 11) is 0. The quantitative estimate of drug-likeness (QED) is 0.529. The molecular weight excluding hydrogens is 476 g/mol. The van der Waals surface area contributed by atoms with Crippen molar-refractivity contribution in [1.82, 2.24) is 19.6 Å². The van der Waals surface area contributed by atoms with Gasteiger partial charge in [-0.3, -0.25) is 14.5 Å².